The number of rotatable bonds is 0. The predicted octanol–water partition coefficient (Wildman–Crippen LogP) is 4.00. The Kier molecular flexibility index (Phi) is 3.29. The molecule has 0 amide bonds. The molecule has 3 aliphatic carbocycles. The highest BCUT2D eigenvalue weighted by Gasteiger charge is 2.61. The quantitative estimate of drug-likeness (QED) is 0.711. The van der Waals surface area contributed by atoms with Crippen molar-refractivity contribution in [2.45, 2.75) is 63.9 Å². The van der Waals surface area contributed by atoms with E-state index in [0.717, 1.165) is 32.1 Å². The normalized spacial score (nSPS) is 41.3. The molecule has 5 atom stereocenters. The minimum Gasteiger partial charge on any atom is -0.508 e. The zero-order valence-corrected chi connectivity index (χ0v) is 14.1. The van der Waals surface area contributed by atoms with Gasteiger partial charge in [0.25, 0.3) is 0 Å². The molecule has 23 heavy (non-hydrogen) atoms. The summed E-state index contributed by atoms with van der Waals surface area (Å²) >= 11 is 0. The van der Waals surface area contributed by atoms with E-state index in [-0.39, 0.29) is 5.41 Å². The van der Waals surface area contributed by atoms with E-state index < -0.39 is 5.60 Å². The highest BCUT2D eigenvalue weighted by molar-refractivity contribution is 5.40. The van der Waals surface area contributed by atoms with E-state index in [1.807, 2.05) is 19.1 Å². The van der Waals surface area contributed by atoms with Gasteiger partial charge in [-0.05, 0) is 86.5 Å². The van der Waals surface area contributed by atoms with Crippen LogP contribution in [-0.2, 0) is 6.42 Å². The molecular formula is C21H26O2. The minimum absolute atomic E-state index is 0.0639. The molecule has 2 N–H and O–H groups in total. The first kappa shape index (κ1) is 15.1. The highest BCUT2D eigenvalue weighted by atomic mass is 16.3. The summed E-state index contributed by atoms with van der Waals surface area (Å²) in [6.07, 6.45) is 6.32. The van der Waals surface area contributed by atoms with Gasteiger partial charge in [-0.2, -0.15) is 0 Å². The van der Waals surface area contributed by atoms with E-state index in [1.165, 1.54) is 17.5 Å². The smallest absolute Gasteiger partial charge is 0.131 e. The molecule has 2 fully saturated rings. The maximum Gasteiger partial charge on any atom is 0.131 e. The molecule has 0 aromatic heterocycles. The molecule has 122 valence electrons. The second kappa shape index (κ2) is 5.02. The van der Waals surface area contributed by atoms with Crippen LogP contribution in [0.1, 0.15) is 63.0 Å². The molecule has 0 heterocycles. The molecule has 3 aliphatic rings. The van der Waals surface area contributed by atoms with Crippen molar-refractivity contribution in [2.75, 3.05) is 0 Å². The summed E-state index contributed by atoms with van der Waals surface area (Å²) in [5.41, 5.74) is 1.91. The summed E-state index contributed by atoms with van der Waals surface area (Å²) in [6, 6.07) is 5.92. The van der Waals surface area contributed by atoms with Crippen LogP contribution in [0.5, 0.6) is 5.75 Å². The number of phenols is 1. The van der Waals surface area contributed by atoms with Crippen LogP contribution < -0.4 is 0 Å². The van der Waals surface area contributed by atoms with Crippen molar-refractivity contribution in [3.05, 3.63) is 29.3 Å². The molecule has 1 aromatic rings. The molecule has 2 nitrogen and oxygen atoms in total. The molecule has 2 saturated carbocycles. The van der Waals surface area contributed by atoms with Crippen LogP contribution in [0.25, 0.3) is 0 Å². The maximum atomic E-state index is 11.2. The highest BCUT2D eigenvalue weighted by Crippen LogP contribution is 2.64. The van der Waals surface area contributed by atoms with Crippen molar-refractivity contribution in [3.63, 3.8) is 0 Å². The van der Waals surface area contributed by atoms with Gasteiger partial charge < -0.3 is 10.2 Å². The van der Waals surface area contributed by atoms with Crippen molar-refractivity contribution >= 4 is 0 Å². The summed E-state index contributed by atoms with van der Waals surface area (Å²) in [5.74, 6) is 8.32. The lowest BCUT2D eigenvalue weighted by Crippen LogP contribution is -2.50. The van der Waals surface area contributed by atoms with Crippen LogP contribution in [0.2, 0.25) is 0 Å². The molecule has 2 heteroatoms. The van der Waals surface area contributed by atoms with E-state index >= 15 is 0 Å². The van der Waals surface area contributed by atoms with Gasteiger partial charge in [-0.1, -0.05) is 18.9 Å². The van der Waals surface area contributed by atoms with E-state index in [9.17, 15) is 10.2 Å². The van der Waals surface area contributed by atoms with Crippen LogP contribution in [0, 0.1) is 29.1 Å². The molecular weight excluding hydrogens is 284 g/mol. The number of aromatic hydroxyl groups is 1. The monoisotopic (exact) mass is 310 g/mol. The van der Waals surface area contributed by atoms with E-state index in [0.29, 0.717) is 23.5 Å². The van der Waals surface area contributed by atoms with Crippen LogP contribution in [0.15, 0.2) is 18.2 Å². The predicted molar refractivity (Wildman–Crippen MR) is 91.1 cm³/mol. The fourth-order valence-electron chi connectivity index (χ4n) is 6.00. The van der Waals surface area contributed by atoms with Gasteiger partial charge >= 0.3 is 0 Å². The second-order valence-corrected chi connectivity index (χ2v) is 8.03. The Hall–Kier alpha value is -1.46. The number of phenolic OH excluding ortho intramolecular Hbond substituents is 1. The zero-order chi connectivity index (χ0) is 16.2. The summed E-state index contributed by atoms with van der Waals surface area (Å²) in [7, 11) is 0. The number of fused-ring (bicyclic) bond motifs is 5. The third-order valence-electron chi connectivity index (χ3n) is 7.19. The molecule has 0 spiro atoms. The standard InChI is InChI=1S/C21H26O2/c1-3-10-21(23)12-9-19-18-6-4-14-13-15(22)5-7-16(14)17(18)8-11-20(19,21)2/h5,7,13,17-19,22-23H,4,6,8-9,11-12H2,1-2H3/t17?,18?,19?,20-,21-/m0/s1. The SMILES string of the molecule is CC#C[C@]1(O)CCC2C3CCc4cc(O)ccc4C3CC[C@@]21C. The van der Waals surface area contributed by atoms with Gasteiger partial charge in [-0.15, -0.1) is 5.92 Å². The van der Waals surface area contributed by atoms with Crippen molar-refractivity contribution in [1.29, 1.82) is 0 Å². The van der Waals surface area contributed by atoms with Crippen molar-refractivity contribution in [3.8, 4) is 17.6 Å². The first-order chi connectivity index (χ1) is 11.0. The molecule has 3 unspecified atom stereocenters. The summed E-state index contributed by atoms with van der Waals surface area (Å²) in [4.78, 5) is 0. The lowest BCUT2D eigenvalue weighted by Gasteiger charge is -2.52. The molecule has 1 aromatic carbocycles. The molecule has 0 bridgehead atoms. The lowest BCUT2D eigenvalue weighted by molar-refractivity contribution is -0.0648. The lowest BCUT2D eigenvalue weighted by atomic mass is 9.53. The first-order valence-corrected chi connectivity index (χ1v) is 8.96. The van der Waals surface area contributed by atoms with Gasteiger partial charge in [0.05, 0.1) is 0 Å². The number of aliphatic hydroxyl groups is 1. The van der Waals surface area contributed by atoms with Crippen LogP contribution in [0.3, 0.4) is 0 Å². The third kappa shape index (κ3) is 1.99. The summed E-state index contributed by atoms with van der Waals surface area (Å²) in [5, 5.41) is 20.9. The summed E-state index contributed by atoms with van der Waals surface area (Å²) in [6.45, 7) is 4.11. The van der Waals surface area contributed by atoms with Crippen molar-refractivity contribution < 1.29 is 10.2 Å². The minimum atomic E-state index is -0.799. The van der Waals surface area contributed by atoms with Gasteiger partial charge in [0.2, 0.25) is 0 Å². The molecule has 0 aliphatic heterocycles. The Labute approximate surface area is 138 Å². The fraction of sp³-hybridized carbons (Fsp3) is 0.619. The van der Waals surface area contributed by atoms with E-state index in [4.69, 9.17) is 0 Å². The zero-order valence-electron chi connectivity index (χ0n) is 14.1. The van der Waals surface area contributed by atoms with E-state index in [2.05, 4.69) is 24.8 Å². The van der Waals surface area contributed by atoms with Gasteiger partial charge in [-0.25, -0.2) is 0 Å². The third-order valence-corrected chi connectivity index (χ3v) is 7.19. The maximum absolute atomic E-state index is 11.2. The van der Waals surface area contributed by atoms with E-state index in [1.54, 1.807) is 0 Å². The van der Waals surface area contributed by atoms with Crippen LogP contribution in [0.4, 0.5) is 0 Å². The summed E-state index contributed by atoms with van der Waals surface area (Å²) < 4.78 is 0. The van der Waals surface area contributed by atoms with Gasteiger partial charge in [0, 0.05) is 5.41 Å². The van der Waals surface area contributed by atoms with Crippen molar-refractivity contribution in [2.24, 2.45) is 17.3 Å². The van der Waals surface area contributed by atoms with Crippen LogP contribution in [-0.4, -0.2) is 15.8 Å². The Morgan fingerprint density at radius 2 is 2.00 bits per heavy atom. The number of benzene rings is 1. The first-order valence-electron chi connectivity index (χ1n) is 8.96. The molecule has 4 rings (SSSR count). The largest absolute Gasteiger partial charge is 0.508 e. The van der Waals surface area contributed by atoms with Crippen molar-refractivity contribution in [1.82, 2.24) is 0 Å². The number of hydrogen-bond acceptors (Lipinski definition) is 2. The fourth-order valence-corrected chi connectivity index (χ4v) is 6.00. The second-order valence-electron chi connectivity index (χ2n) is 8.03. The Morgan fingerprint density at radius 3 is 2.78 bits per heavy atom. The molecule has 0 radical (unpaired) electrons. The Balaban J connectivity index is 1.71. The van der Waals surface area contributed by atoms with Gasteiger partial charge in [0.1, 0.15) is 11.4 Å². The van der Waals surface area contributed by atoms with Gasteiger partial charge in [-0.3, -0.25) is 0 Å². The Bertz CT molecular complexity index is 698. The van der Waals surface area contributed by atoms with Crippen LogP contribution >= 0.6 is 0 Å². The van der Waals surface area contributed by atoms with Gasteiger partial charge in [0.15, 0.2) is 0 Å². The number of hydrogen-bond donors (Lipinski definition) is 2. The average Bonchev–Trinajstić information content (AvgIpc) is 2.79. The topological polar surface area (TPSA) is 40.5 Å². The molecule has 0 saturated heterocycles. The average molecular weight is 310 g/mol. The Morgan fingerprint density at radius 1 is 1.17 bits per heavy atom. The number of aryl methyl sites for hydroxylation is 1.